The Morgan fingerprint density at radius 3 is 2.58 bits per heavy atom. The summed E-state index contributed by atoms with van der Waals surface area (Å²) in [6.45, 7) is 13.4. The van der Waals surface area contributed by atoms with Crippen molar-refractivity contribution in [3.8, 4) is 10.4 Å². The van der Waals surface area contributed by atoms with Gasteiger partial charge in [-0.25, -0.2) is 0 Å². The maximum Gasteiger partial charge on any atom is 0.266 e. The fourth-order valence-electron chi connectivity index (χ4n) is 4.42. The number of fused-ring (bicyclic) bond motifs is 1. The normalized spacial score (nSPS) is 13.5. The topological polar surface area (TPSA) is 97.0 Å². The molecule has 3 aromatic heterocycles. The first-order valence-corrected chi connectivity index (χ1v) is 13.1. The molecule has 0 aliphatic rings. The number of rotatable bonds is 8. The zero-order valence-electron chi connectivity index (χ0n) is 22.2. The van der Waals surface area contributed by atoms with E-state index in [1.807, 2.05) is 38.2 Å². The molecule has 1 amide bonds. The number of thiophene rings is 1. The van der Waals surface area contributed by atoms with Gasteiger partial charge in [-0.2, -0.15) is 5.10 Å². The van der Waals surface area contributed by atoms with Gasteiger partial charge in [-0.15, -0.1) is 11.3 Å². The molecule has 0 aliphatic carbocycles. The number of aromatic amines is 2. The van der Waals surface area contributed by atoms with Gasteiger partial charge in [0.2, 0.25) is 0 Å². The van der Waals surface area contributed by atoms with Gasteiger partial charge >= 0.3 is 0 Å². The lowest BCUT2D eigenvalue weighted by Gasteiger charge is -2.35. The van der Waals surface area contributed by atoms with Crippen LogP contribution in [0.2, 0.25) is 0 Å². The number of H-pyrrole nitrogens is 2. The molecule has 0 saturated heterocycles. The molecule has 36 heavy (non-hydrogen) atoms. The zero-order valence-corrected chi connectivity index (χ0v) is 23.0. The van der Waals surface area contributed by atoms with Crippen molar-refractivity contribution in [1.29, 1.82) is 0 Å². The summed E-state index contributed by atoms with van der Waals surface area (Å²) in [6, 6.07) is 10.4. The first kappa shape index (κ1) is 26.1. The van der Waals surface area contributed by atoms with Crippen LogP contribution in [0, 0.1) is 5.41 Å². The first-order chi connectivity index (χ1) is 16.8. The lowest BCUT2D eigenvalue weighted by molar-refractivity contribution is 0.0812. The van der Waals surface area contributed by atoms with Gasteiger partial charge in [0, 0.05) is 46.5 Å². The molecule has 8 heteroatoms. The molecule has 0 radical (unpaired) electrons. The number of aromatic nitrogens is 3. The Labute approximate surface area is 216 Å². The molecule has 0 saturated carbocycles. The van der Waals surface area contributed by atoms with Gasteiger partial charge in [0.05, 0.1) is 16.7 Å². The van der Waals surface area contributed by atoms with Crippen molar-refractivity contribution in [2.24, 2.45) is 5.41 Å². The van der Waals surface area contributed by atoms with Crippen LogP contribution in [0.4, 0.5) is 5.82 Å². The molecular formula is C28H37N5O2S. The SMILES string of the molecule is CC(N(C)Cc1cc(CC(C)(C)O)c2cc(NC(=O)c3ccc(-c4cn[nH]c4)s3)[nH]c2c1)C(C)(C)C. The number of benzene rings is 1. The van der Waals surface area contributed by atoms with Crippen LogP contribution in [0.5, 0.6) is 0 Å². The molecule has 1 atom stereocenters. The van der Waals surface area contributed by atoms with Crippen LogP contribution in [0.25, 0.3) is 21.3 Å². The largest absolute Gasteiger partial charge is 0.390 e. The number of nitrogens with one attached hydrogen (secondary N) is 3. The number of aliphatic hydroxyl groups is 1. The van der Waals surface area contributed by atoms with E-state index in [0.29, 0.717) is 23.2 Å². The molecule has 192 valence electrons. The molecule has 1 aromatic carbocycles. The minimum atomic E-state index is -0.850. The Kier molecular flexibility index (Phi) is 7.14. The second-order valence-electron chi connectivity index (χ2n) is 11.5. The Morgan fingerprint density at radius 1 is 1.19 bits per heavy atom. The summed E-state index contributed by atoms with van der Waals surface area (Å²) in [7, 11) is 2.15. The molecule has 4 aromatic rings. The highest BCUT2D eigenvalue weighted by Crippen LogP contribution is 2.31. The number of carbonyl (C=O) groups is 1. The van der Waals surface area contributed by atoms with Gasteiger partial charge in [0.25, 0.3) is 5.91 Å². The van der Waals surface area contributed by atoms with E-state index in [-0.39, 0.29) is 11.3 Å². The number of amides is 1. The van der Waals surface area contributed by atoms with Crippen LogP contribution in [0.1, 0.15) is 62.3 Å². The lowest BCUT2D eigenvalue weighted by Crippen LogP contribution is -2.38. The average Bonchev–Trinajstić information content (AvgIpc) is 3.51. The summed E-state index contributed by atoms with van der Waals surface area (Å²) >= 11 is 1.43. The zero-order chi connectivity index (χ0) is 26.3. The number of anilines is 1. The summed E-state index contributed by atoms with van der Waals surface area (Å²) in [5.41, 5.74) is 3.45. The Balaban J connectivity index is 1.61. The molecule has 0 spiro atoms. The third-order valence-corrected chi connectivity index (χ3v) is 7.85. The highest BCUT2D eigenvalue weighted by Gasteiger charge is 2.25. The molecule has 4 rings (SSSR count). The Bertz CT molecular complexity index is 1340. The molecule has 0 aliphatic heterocycles. The van der Waals surface area contributed by atoms with Crippen molar-refractivity contribution < 1.29 is 9.90 Å². The minimum Gasteiger partial charge on any atom is -0.390 e. The van der Waals surface area contributed by atoms with Gasteiger partial charge in [-0.1, -0.05) is 26.8 Å². The first-order valence-electron chi connectivity index (χ1n) is 12.3. The van der Waals surface area contributed by atoms with Crippen molar-refractivity contribution in [2.45, 2.75) is 66.2 Å². The number of hydrogen-bond acceptors (Lipinski definition) is 5. The summed E-state index contributed by atoms with van der Waals surface area (Å²) in [5, 5.41) is 21.4. The second kappa shape index (κ2) is 9.84. The summed E-state index contributed by atoms with van der Waals surface area (Å²) in [6.07, 6.45) is 4.07. The third kappa shape index (κ3) is 6.06. The van der Waals surface area contributed by atoms with Crippen molar-refractivity contribution in [1.82, 2.24) is 20.1 Å². The monoisotopic (exact) mass is 507 g/mol. The smallest absolute Gasteiger partial charge is 0.266 e. The standard InChI is InChI=1S/C28H37N5O2S/c1-17(27(2,3)4)33(7)16-18-10-19(13-28(5,6)35)21-12-25(31-22(21)11-18)32-26(34)24-9-8-23(36-24)20-14-29-30-15-20/h8-12,14-15,17,31,35H,13,16H2,1-7H3,(H,29,30)(H,32,34). The van der Waals surface area contributed by atoms with Gasteiger partial charge in [0.1, 0.15) is 5.82 Å². The predicted molar refractivity (Wildman–Crippen MR) is 149 cm³/mol. The minimum absolute atomic E-state index is 0.163. The van der Waals surface area contributed by atoms with Gasteiger partial charge in [-0.3, -0.25) is 14.8 Å². The molecule has 0 bridgehead atoms. The van der Waals surface area contributed by atoms with Gasteiger partial charge in [0.15, 0.2) is 0 Å². The summed E-state index contributed by atoms with van der Waals surface area (Å²) < 4.78 is 0. The van der Waals surface area contributed by atoms with Crippen LogP contribution in [-0.4, -0.2) is 49.8 Å². The van der Waals surface area contributed by atoms with E-state index in [4.69, 9.17) is 0 Å². The molecule has 0 fully saturated rings. The van der Waals surface area contributed by atoms with E-state index < -0.39 is 5.60 Å². The maximum absolute atomic E-state index is 13.0. The van der Waals surface area contributed by atoms with Crippen LogP contribution in [0.15, 0.2) is 42.7 Å². The second-order valence-corrected chi connectivity index (χ2v) is 12.5. The van der Waals surface area contributed by atoms with Crippen LogP contribution in [0.3, 0.4) is 0 Å². The molecule has 7 nitrogen and oxygen atoms in total. The van der Waals surface area contributed by atoms with Crippen molar-refractivity contribution in [3.05, 3.63) is 58.7 Å². The Morgan fingerprint density at radius 2 is 1.94 bits per heavy atom. The van der Waals surface area contributed by atoms with Crippen LogP contribution < -0.4 is 5.32 Å². The van der Waals surface area contributed by atoms with Crippen molar-refractivity contribution >= 4 is 34.0 Å². The van der Waals surface area contributed by atoms with Crippen LogP contribution >= 0.6 is 11.3 Å². The number of nitrogens with zero attached hydrogens (tertiary/aromatic N) is 2. The lowest BCUT2D eigenvalue weighted by atomic mass is 9.87. The summed E-state index contributed by atoms with van der Waals surface area (Å²) in [5.74, 6) is 0.475. The fraction of sp³-hybridized carbons (Fsp3) is 0.429. The fourth-order valence-corrected chi connectivity index (χ4v) is 5.30. The Hall–Kier alpha value is -2.94. The van der Waals surface area contributed by atoms with Gasteiger partial charge < -0.3 is 15.4 Å². The van der Waals surface area contributed by atoms with E-state index in [1.165, 1.54) is 16.9 Å². The van der Waals surface area contributed by atoms with E-state index in [0.717, 1.165) is 33.5 Å². The van der Waals surface area contributed by atoms with E-state index >= 15 is 0 Å². The van der Waals surface area contributed by atoms with Crippen molar-refractivity contribution in [3.63, 3.8) is 0 Å². The molecule has 4 N–H and O–H groups in total. The highest BCUT2D eigenvalue weighted by molar-refractivity contribution is 7.17. The quantitative estimate of drug-likeness (QED) is 0.233. The van der Waals surface area contributed by atoms with E-state index in [9.17, 15) is 9.90 Å². The molecule has 1 unspecified atom stereocenters. The summed E-state index contributed by atoms with van der Waals surface area (Å²) in [4.78, 5) is 20.3. The number of carbonyl (C=O) groups excluding carboxylic acids is 1. The maximum atomic E-state index is 13.0. The van der Waals surface area contributed by atoms with Crippen LogP contribution in [-0.2, 0) is 13.0 Å². The molecule has 3 heterocycles. The van der Waals surface area contributed by atoms with Crippen molar-refractivity contribution in [2.75, 3.05) is 12.4 Å². The predicted octanol–water partition coefficient (Wildman–Crippen LogP) is 6.05. The molecular weight excluding hydrogens is 470 g/mol. The average molecular weight is 508 g/mol. The van der Waals surface area contributed by atoms with Gasteiger partial charge in [-0.05, 0) is 68.6 Å². The van der Waals surface area contributed by atoms with E-state index in [2.05, 4.69) is 72.3 Å². The highest BCUT2D eigenvalue weighted by atomic mass is 32.1. The van der Waals surface area contributed by atoms with E-state index in [1.54, 1.807) is 6.20 Å². The third-order valence-electron chi connectivity index (χ3n) is 6.71. The number of hydrogen-bond donors (Lipinski definition) is 4.